The van der Waals surface area contributed by atoms with E-state index in [0.29, 0.717) is 17.5 Å². The number of nitrogens with zero attached hydrogens (tertiary/aromatic N) is 5. The zero-order chi connectivity index (χ0) is 17.4. The first-order chi connectivity index (χ1) is 12.1. The largest absolute Gasteiger partial charge is 0.469 e. The Morgan fingerprint density at radius 1 is 1.36 bits per heavy atom. The molecule has 0 saturated carbocycles. The lowest BCUT2D eigenvalue weighted by Crippen LogP contribution is -1.95. The molecular formula is C15H12BrN5O2S2. The van der Waals surface area contributed by atoms with Crippen LogP contribution in [0.2, 0.25) is 0 Å². The van der Waals surface area contributed by atoms with Gasteiger partial charge in [-0.05, 0) is 35.0 Å². The first-order valence-corrected chi connectivity index (χ1v) is 9.91. The van der Waals surface area contributed by atoms with Crippen molar-refractivity contribution < 1.29 is 8.94 Å². The normalized spacial score (nSPS) is 11.3. The lowest BCUT2D eigenvalue weighted by Gasteiger charge is -2.01. The van der Waals surface area contributed by atoms with Crippen molar-refractivity contribution >= 4 is 39.0 Å². The van der Waals surface area contributed by atoms with E-state index < -0.39 is 0 Å². The second kappa shape index (κ2) is 6.77. The molecular weight excluding hydrogens is 426 g/mol. The molecule has 7 nitrogen and oxygen atoms in total. The van der Waals surface area contributed by atoms with Gasteiger partial charge >= 0.3 is 0 Å². The van der Waals surface area contributed by atoms with Gasteiger partial charge in [0.25, 0.3) is 0 Å². The maximum Gasteiger partial charge on any atom is 0.237 e. The Hall–Kier alpha value is -1.91. The summed E-state index contributed by atoms with van der Waals surface area (Å²) in [5, 5.41) is 15.3. The van der Waals surface area contributed by atoms with Crippen molar-refractivity contribution in [2.75, 3.05) is 0 Å². The van der Waals surface area contributed by atoms with E-state index in [-0.39, 0.29) is 0 Å². The average molecular weight is 438 g/mol. The fraction of sp³-hybridized carbons (Fsp3) is 0.200. The van der Waals surface area contributed by atoms with Crippen LogP contribution in [-0.4, -0.2) is 24.9 Å². The van der Waals surface area contributed by atoms with Crippen molar-refractivity contribution in [3.8, 4) is 22.1 Å². The number of rotatable bonds is 5. The van der Waals surface area contributed by atoms with Gasteiger partial charge in [-0.2, -0.15) is 4.98 Å². The van der Waals surface area contributed by atoms with Gasteiger partial charge in [-0.3, -0.25) is 0 Å². The van der Waals surface area contributed by atoms with Crippen molar-refractivity contribution in [3.05, 3.63) is 39.9 Å². The third kappa shape index (κ3) is 3.29. The number of furan rings is 1. The van der Waals surface area contributed by atoms with Crippen LogP contribution in [0.4, 0.5) is 0 Å². The number of thioether (sulfide) groups is 1. The van der Waals surface area contributed by atoms with Crippen LogP contribution in [0.5, 0.6) is 0 Å². The predicted octanol–water partition coefficient (Wildman–Crippen LogP) is 4.55. The lowest BCUT2D eigenvalue weighted by atomic mass is 10.2. The molecule has 0 aliphatic rings. The van der Waals surface area contributed by atoms with Gasteiger partial charge in [0.15, 0.2) is 11.0 Å². The molecule has 0 aliphatic heterocycles. The molecule has 0 amide bonds. The van der Waals surface area contributed by atoms with Crippen LogP contribution < -0.4 is 0 Å². The molecule has 0 aliphatic carbocycles. The molecule has 10 heteroatoms. The summed E-state index contributed by atoms with van der Waals surface area (Å²) in [6.07, 6.45) is 1.65. The maximum atomic E-state index is 5.34. The van der Waals surface area contributed by atoms with Crippen molar-refractivity contribution in [3.63, 3.8) is 0 Å². The summed E-state index contributed by atoms with van der Waals surface area (Å²) in [7, 11) is 1.92. The van der Waals surface area contributed by atoms with E-state index in [4.69, 9.17) is 8.94 Å². The number of aromatic nitrogens is 5. The smallest absolute Gasteiger partial charge is 0.237 e. The van der Waals surface area contributed by atoms with Gasteiger partial charge in [0, 0.05) is 16.9 Å². The summed E-state index contributed by atoms with van der Waals surface area (Å²) in [6, 6.07) is 3.85. The van der Waals surface area contributed by atoms with Gasteiger partial charge < -0.3 is 13.5 Å². The van der Waals surface area contributed by atoms with Crippen molar-refractivity contribution in [1.82, 2.24) is 24.9 Å². The highest BCUT2D eigenvalue weighted by molar-refractivity contribution is 9.10. The summed E-state index contributed by atoms with van der Waals surface area (Å²) in [6.45, 7) is 1.90. The fourth-order valence-corrected chi connectivity index (χ4v) is 4.36. The van der Waals surface area contributed by atoms with Gasteiger partial charge in [-0.1, -0.05) is 16.9 Å². The van der Waals surface area contributed by atoms with Gasteiger partial charge in [-0.15, -0.1) is 21.5 Å². The number of hydrogen-bond acceptors (Lipinski definition) is 8. The molecule has 128 valence electrons. The Kier molecular flexibility index (Phi) is 4.48. The first kappa shape index (κ1) is 16.6. The van der Waals surface area contributed by atoms with Crippen molar-refractivity contribution in [2.45, 2.75) is 17.8 Å². The van der Waals surface area contributed by atoms with Gasteiger partial charge in [0.2, 0.25) is 11.7 Å². The SMILES string of the molecule is Cc1occc1-c1nnc(SCc2nc(-c3cc(Br)cs3)no2)n1C. The molecule has 4 aromatic rings. The lowest BCUT2D eigenvalue weighted by molar-refractivity contribution is 0.391. The Morgan fingerprint density at radius 2 is 2.24 bits per heavy atom. The van der Waals surface area contributed by atoms with Gasteiger partial charge in [-0.25, -0.2) is 0 Å². The average Bonchev–Trinajstić information content (AvgIpc) is 3.34. The Morgan fingerprint density at radius 3 is 2.96 bits per heavy atom. The zero-order valence-corrected chi connectivity index (χ0v) is 16.5. The second-order valence-corrected chi connectivity index (χ2v) is 7.95. The minimum absolute atomic E-state index is 0.524. The monoisotopic (exact) mass is 437 g/mol. The summed E-state index contributed by atoms with van der Waals surface area (Å²) >= 11 is 6.48. The predicted molar refractivity (Wildman–Crippen MR) is 98.3 cm³/mol. The Balaban J connectivity index is 1.48. The van der Waals surface area contributed by atoms with Crippen molar-refractivity contribution in [2.24, 2.45) is 7.05 Å². The summed E-state index contributed by atoms with van der Waals surface area (Å²) in [5.41, 5.74) is 0.935. The van der Waals surface area contributed by atoms with E-state index in [1.165, 1.54) is 11.8 Å². The van der Waals surface area contributed by atoms with Crippen LogP contribution >= 0.6 is 39.0 Å². The van der Waals surface area contributed by atoms with Gasteiger partial charge in [0.1, 0.15) is 5.76 Å². The Bertz CT molecular complexity index is 1020. The maximum absolute atomic E-state index is 5.34. The Labute approximate surface area is 159 Å². The highest BCUT2D eigenvalue weighted by Gasteiger charge is 2.16. The summed E-state index contributed by atoms with van der Waals surface area (Å²) < 4.78 is 13.6. The minimum Gasteiger partial charge on any atom is -0.469 e. The summed E-state index contributed by atoms with van der Waals surface area (Å²) in [5.74, 6) is 3.25. The molecule has 0 aromatic carbocycles. The standard InChI is InChI=1S/C15H12BrN5O2S2/c1-8-10(3-4-22-8)14-18-19-15(21(14)2)25-7-12-17-13(20-23-12)11-5-9(16)6-24-11/h3-6H,7H2,1-2H3. The van der Waals surface area contributed by atoms with Crippen LogP contribution in [0.3, 0.4) is 0 Å². The van der Waals surface area contributed by atoms with Crippen LogP contribution in [0.15, 0.2) is 42.3 Å². The molecule has 0 fully saturated rings. The number of aryl methyl sites for hydroxylation is 1. The van der Waals surface area contributed by atoms with Crippen LogP contribution in [-0.2, 0) is 12.8 Å². The molecule has 0 saturated heterocycles. The first-order valence-electron chi connectivity index (χ1n) is 7.25. The van der Waals surface area contributed by atoms with E-state index >= 15 is 0 Å². The van der Waals surface area contributed by atoms with Crippen LogP contribution in [0.25, 0.3) is 22.1 Å². The molecule has 4 aromatic heterocycles. The van der Waals surface area contributed by atoms with Crippen LogP contribution in [0.1, 0.15) is 11.7 Å². The topological polar surface area (TPSA) is 82.8 Å². The molecule has 4 rings (SSSR count). The van der Waals surface area contributed by atoms with Gasteiger partial charge in [0.05, 0.1) is 22.5 Å². The highest BCUT2D eigenvalue weighted by atomic mass is 79.9. The van der Waals surface area contributed by atoms with E-state index in [2.05, 4.69) is 36.3 Å². The van der Waals surface area contributed by atoms with E-state index in [9.17, 15) is 0 Å². The molecule has 0 atom stereocenters. The third-order valence-corrected chi connectivity index (χ3v) is 6.21. The van der Waals surface area contributed by atoms with E-state index in [1.807, 2.05) is 36.1 Å². The third-order valence-electron chi connectivity index (χ3n) is 3.52. The minimum atomic E-state index is 0.524. The molecule has 0 bridgehead atoms. The summed E-state index contributed by atoms with van der Waals surface area (Å²) in [4.78, 5) is 5.39. The molecule has 0 radical (unpaired) electrons. The molecule has 0 unspecified atom stereocenters. The fourth-order valence-electron chi connectivity index (χ4n) is 2.26. The molecule has 4 heterocycles. The molecule has 25 heavy (non-hydrogen) atoms. The number of halogens is 1. The molecule has 0 N–H and O–H groups in total. The quantitative estimate of drug-likeness (QED) is 0.423. The highest BCUT2D eigenvalue weighted by Crippen LogP contribution is 2.30. The van der Waals surface area contributed by atoms with E-state index in [1.54, 1.807) is 17.6 Å². The number of hydrogen-bond donors (Lipinski definition) is 0. The second-order valence-electron chi connectivity index (χ2n) is 5.19. The number of thiophene rings is 1. The zero-order valence-electron chi connectivity index (χ0n) is 13.3. The van der Waals surface area contributed by atoms with Crippen LogP contribution in [0, 0.1) is 6.92 Å². The van der Waals surface area contributed by atoms with E-state index in [0.717, 1.165) is 31.7 Å². The molecule has 0 spiro atoms. The van der Waals surface area contributed by atoms with Crippen molar-refractivity contribution in [1.29, 1.82) is 0 Å².